The first-order valence-corrected chi connectivity index (χ1v) is 9.38. The second kappa shape index (κ2) is 9.46. The first-order valence-electron chi connectivity index (χ1n) is 8.40. The topological polar surface area (TPSA) is 60.2 Å². The van der Waals surface area contributed by atoms with Crippen LogP contribution in [0.4, 0.5) is 0 Å². The van der Waals surface area contributed by atoms with E-state index in [1.807, 2.05) is 30.3 Å². The van der Waals surface area contributed by atoms with E-state index < -0.39 is 0 Å². The summed E-state index contributed by atoms with van der Waals surface area (Å²) in [4.78, 5) is 13.4. The van der Waals surface area contributed by atoms with Crippen LogP contribution in [0.1, 0.15) is 26.1 Å². The van der Waals surface area contributed by atoms with Crippen LogP contribution >= 0.6 is 11.8 Å². The van der Waals surface area contributed by atoms with E-state index in [0.717, 1.165) is 29.7 Å². The molecule has 0 unspecified atom stereocenters. The predicted molar refractivity (Wildman–Crippen MR) is 99.7 cm³/mol. The van der Waals surface area contributed by atoms with Gasteiger partial charge in [-0.2, -0.15) is 0 Å². The van der Waals surface area contributed by atoms with Crippen LogP contribution in [0.3, 0.4) is 0 Å². The molecule has 0 bridgehead atoms. The SMILES string of the molecule is CC(C)CCn1c(COc2ccccc2)nnc1SCC(=O)N(C)C. The van der Waals surface area contributed by atoms with Gasteiger partial charge in [0, 0.05) is 20.6 Å². The van der Waals surface area contributed by atoms with Crippen molar-refractivity contribution in [2.24, 2.45) is 5.92 Å². The van der Waals surface area contributed by atoms with Crippen LogP contribution in [0.25, 0.3) is 0 Å². The Morgan fingerprint density at radius 2 is 1.96 bits per heavy atom. The number of benzene rings is 1. The minimum atomic E-state index is 0.0606. The molecule has 1 heterocycles. The Hall–Kier alpha value is -2.02. The Morgan fingerprint density at radius 1 is 1.24 bits per heavy atom. The highest BCUT2D eigenvalue weighted by Gasteiger charge is 2.15. The number of rotatable bonds is 9. The third-order valence-electron chi connectivity index (χ3n) is 3.66. The minimum absolute atomic E-state index is 0.0606. The highest BCUT2D eigenvalue weighted by molar-refractivity contribution is 7.99. The number of aromatic nitrogens is 3. The number of nitrogens with zero attached hydrogens (tertiary/aromatic N) is 4. The third-order valence-corrected chi connectivity index (χ3v) is 4.61. The molecule has 6 nitrogen and oxygen atoms in total. The van der Waals surface area contributed by atoms with Crippen molar-refractivity contribution in [1.82, 2.24) is 19.7 Å². The molecule has 0 saturated heterocycles. The molecule has 7 heteroatoms. The minimum Gasteiger partial charge on any atom is -0.486 e. The summed E-state index contributed by atoms with van der Waals surface area (Å²) in [7, 11) is 3.51. The molecule has 2 aromatic rings. The lowest BCUT2D eigenvalue weighted by Gasteiger charge is -2.13. The second-order valence-corrected chi connectivity index (χ2v) is 7.35. The number of ether oxygens (including phenoxy) is 1. The average molecular weight is 362 g/mol. The Labute approximate surface area is 153 Å². The maximum atomic E-state index is 11.8. The monoisotopic (exact) mass is 362 g/mol. The molecule has 1 aromatic carbocycles. The zero-order valence-corrected chi connectivity index (χ0v) is 16.1. The fraction of sp³-hybridized carbons (Fsp3) is 0.500. The molecule has 1 aromatic heterocycles. The van der Waals surface area contributed by atoms with Gasteiger partial charge in [0.2, 0.25) is 5.91 Å². The van der Waals surface area contributed by atoms with Crippen LogP contribution in [-0.4, -0.2) is 45.4 Å². The summed E-state index contributed by atoms with van der Waals surface area (Å²) in [5, 5.41) is 9.30. The number of carbonyl (C=O) groups is 1. The van der Waals surface area contributed by atoms with E-state index in [1.54, 1.807) is 19.0 Å². The predicted octanol–water partition coefficient (Wildman–Crippen LogP) is 3.08. The van der Waals surface area contributed by atoms with Crippen LogP contribution in [-0.2, 0) is 17.9 Å². The molecular formula is C18H26N4O2S. The fourth-order valence-electron chi connectivity index (χ4n) is 2.06. The van der Waals surface area contributed by atoms with Gasteiger partial charge in [0.15, 0.2) is 11.0 Å². The van der Waals surface area contributed by atoms with Gasteiger partial charge in [-0.1, -0.05) is 43.8 Å². The summed E-state index contributed by atoms with van der Waals surface area (Å²) in [6.45, 7) is 5.55. The van der Waals surface area contributed by atoms with Gasteiger partial charge in [-0.25, -0.2) is 0 Å². The highest BCUT2D eigenvalue weighted by Crippen LogP contribution is 2.20. The number of amides is 1. The van der Waals surface area contributed by atoms with Crippen molar-refractivity contribution in [2.75, 3.05) is 19.8 Å². The van der Waals surface area contributed by atoms with E-state index in [-0.39, 0.29) is 5.91 Å². The lowest BCUT2D eigenvalue weighted by atomic mass is 10.1. The van der Waals surface area contributed by atoms with Crippen molar-refractivity contribution in [1.29, 1.82) is 0 Å². The van der Waals surface area contributed by atoms with Crippen molar-refractivity contribution in [3.63, 3.8) is 0 Å². The number of carbonyl (C=O) groups excluding carboxylic acids is 1. The summed E-state index contributed by atoms with van der Waals surface area (Å²) >= 11 is 1.42. The molecule has 0 radical (unpaired) electrons. The number of hydrogen-bond donors (Lipinski definition) is 0. The number of para-hydroxylation sites is 1. The van der Waals surface area contributed by atoms with Crippen molar-refractivity contribution < 1.29 is 9.53 Å². The molecule has 136 valence electrons. The van der Waals surface area contributed by atoms with Crippen molar-refractivity contribution >= 4 is 17.7 Å². The molecule has 0 aliphatic carbocycles. The molecular weight excluding hydrogens is 336 g/mol. The van der Waals surface area contributed by atoms with Gasteiger partial charge in [0.1, 0.15) is 12.4 Å². The summed E-state index contributed by atoms with van der Waals surface area (Å²) < 4.78 is 7.87. The molecule has 1 amide bonds. The molecule has 0 aliphatic heterocycles. The zero-order valence-electron chi connectivity index (χ0n) is 15.3. The Bertz CT molecular complexity index is 671. The van der Waals surface area contributed by atoms with Crippen LogP contribution in [0, 0.1) is 5.92 Å². The molecule has 2 rings (SSSR count). The smallest absolute Gasteiger partial charge is 0.232 e. The summed E-state index contributed by atoms with van der Waals surface area (Å²) in [5.41, 5.74) is 0. The molecule has 0 atom stereocenters. The van der Waals surface area contributed by atoms with Crippen molar-refractivity contribution in [3.8, 4) is 5.75 Å². The highest BCUT2D eigenvalue weighted by atomic mass is 32.2. The largest absolute Gasteiger partial charge is 0.486 e. The summed E-state index contributed by atoms with van der Waals surface area (Å²) in [6.07, 6.45) is 1.02. The third kappa shape index (κ3) is 6.08. The Balaban J connectivity index is 2.07. The molecule has 0 fully saturated rings. The van der Waals surface area contributed by atoms with Crippen molar-refractivity contribution in [3.05, 3.63) is 36.2 Å². The summed E-state index contributed by atoms with van der Waals surface area (Å²) in [6, 6.07) is 9.66. The van der Waals surface area contributed by atoms with E-state index >= 15 is 0 Å². The second-order valence-electron chi connectivity index (χ2n) is 6.41. The van der Waals surface area contributed by atoms with Gasteiger partial charge in [-0.15, -0.1) is 10.2 Å². The maximum Gasteiger partial charge on any atom is 0.232 e. The van der Waals surface area contributed by atoms with Gasteiger partial charge in [0.05, 0.1) is 5.75 Å². The van der Waals surface area contributed by atoms with E-state index in [2.05, 4.69) is 28.6 Å². The Morgan fingerprint density at radius 3 is 2.60 bits per heavy atom. The standard InChI is InChI=1S/C18H26N4O2S/c1-14(2)10-11-22-16(12-24-15-8-6-5-7-9-15)19-20-18(22)25-13-17(23)21(3)4/h5-9,14H,10-13H2,1-4H3. The molecule has 0 spiro atoms. The molecule has 0 saturated carbocycles. The van der Waals surface area contributed by atoms with Gasteiger partial charge in [-0.3, -0.25) is 4.79 Å². The quantitative estimate of drug-likeness (QED) is 0.642. The van der Waals surface area contributed by atoms with Crippen LogP contribution < -0.4 is 4.74 Å². The van der Waals surface area contributed by atoms with Crippen LogP contribution in [0.2, 0.25) is 0 Å². The average Bonchev–Trinajstić information content (AvgIpc) is 2.98. The zero-order chi connectivity index (χ0) is 18.2. The lowest BCUT2D eigenvalue weighted by Crippen LogP contribution is -2.23. The van der Waals surface area contributed by atoms with E-state index in [0.29, 0.717) is 18.3 Å². The maximum absolute atomic E-state index is 11.8. The first kappa shape index (κ1) is 19.3. The van der Waals surface area contributed by atoms with Crippen LogP contribution in [0.15, 0.2) is 35.5 Å². The lowest BCUT2D eigenvalue weighted by molar-refractivity contribution is -0.125. The van der Waals surface area contributed by atoms with Gasteiger partial charge >= 0.3 is 0 Å². The normalized spacial score (nSPS) is 10.9. The van der Waals surface area contributed by atoms with E-state index in [1.165, 1.54) is 11.8 Å². The van der Waals surface area contributed by atoms with Gasteiger partial charge < -0.3 is 14.2 Å². The molecule has 0 aliphatic rings. The van der Waals surface area contributed by atoms with Gasteiger partial charge in [0.25, 0.3) is 0 Å². The molecule has 0 N–H and O–H groups in total. The van der Waals surface area contributed by atoms with E-state index in [9.17, 15) is 4.79 Å². The van der Waals surface area contributed by atoms with Crippen LogP contribution in [0.5, 0.6) is 5.75 Å². The molecule has 25 heavy (non-hydrogen) atoms. The summed E-state index contributed by atoms with van der Waals surface area (Å²) in [5.74, 6) is 2.58. The first-order chi connectivity index (χ1) is 12.0. The Kier molecular flexibility index (Phi) is 7.31. The number of hydrogen-bond acceptors (Lipinski definition) is 5. The fourth-order valence-corrected chi connectivity index (χ4v) is 3.03. The van der Waals surface area contributed by atoms with E-state index in [4.69, 9.17) is 4.74 Å². The number of thioether (sulfide) groups is 1. The van der Waals surface area contributed by atoms with Crippen molar-refractivity contribution in [2.45, 2.75) is 38.6 Å². The van der Waals surface area contributed by atoms with Gasteiger partial charge in [-0.05, 0) is 24.5 Å².